The van der Waals surface area contributed by atoms with Crippen LogP contribution in [-0.4, -0.2) is 97.4 Å². The number of methoxy groups -OCH3 is 1. The van der Waals surface area contributed by atoms with Crippen molar-refractivity contribution in [2.75, 3.05) is 33.8 Å². The molecule has 1 spiro atoms. The van der Waals surface area contributed by atoms with Crippen LogP contribution >= 0.6 is 0 Å². The van der Waals surface area contributed by atoms with Crippen molar-refractivity contribution >= 4 is 23.8 Å². The first-order valence-corrected chi connectivity index (χ1v) is 15.6. The maximum Gasteiger partial charge on any atom is 0.352 e. The molecule has 5 rings (SSSR count). The fourth-order valence-electron chi connectivity index (χ4n) is 7.51. The standard InChI is InChI=1S/C32H44N4O9/c1-18(43-25(38)11-15-34-29(39)21(35-19(2)37)7-5-6-14-33)30(40)44-23-10-12-32(41)24-17-20-8-9-22(42-4)27-26(20)31(32,28(23)45-27)13-16-36(24)3/h8-10,18,21,24,28,41H,5-7,11-17,33H2,1-4H3,(H,34,39)(H,35,37)/t18-,21-,24-,28+,31+,32-/m0/s1. The average molecular weight is 629 g/mol. The Kier molecular flexibility index (Phi) is 9.43. The number of likely N-dealkylation sites (tertiary alicyclic amines) is 1. The number of nitrogens with one attached hydrogen (secondary N) is 2. The summed E-state index contributed by atoms with van der Waals surface area (Å²) in [6.07, 6.45) is 2.85. The summed E-state index contributed by atoms with van der Waals surface area (Å²) in [6, 6.07) is 3.01. The Morgan fingerprint density at radius 2 is 2.02 bits per heavy atom. The van der Waals surface area contributed by atoms with E-state index in [4.69, 9.17) is 24.7 Å². The second-order valence-electron chi connectivity index (χ2n) is 12.4. The number of nitrogens with two attached hydrogens (primary N) is 1. The quantitative estimate of drug-likeness (QED) is 0.177. The van der Waals surface area contributed by atoms with Crippen molar-refractivity contribution in [2.24, 2.45) is 5.73 Å². The van der Waals surface area contributed by atoms with Gasteiger partial charge in [0.25, 0.3) is 0 Å². The lowest BCUT2D eigenvalue weighted by molar-refractivity contribution is -0.175. The number of ether oxygens (including phenoxy) is 4. The van der Waals surface area contributed by atoms with Crippen molar-refractivity contribution < 1.29 is 43.2 Å². The predicted octanol–water partition coefficient (Wildman–Crippen LogP) is 0.588. The maximum absolute atomic E-state index is 13.2. The lowest BCUT2D eigenvalue weighted by Crippen LogP contribution is -2.74. The number of aliphatic hydroxyl groups is 1. The van der Waals surface area contributed by atoms with Crippen LogP contribution in [0.15, 0.2) is 24.0 Å². The minimum Gasteiger partial charge on any atom is -0.493 e. The molecule has 2 heterocycles. The number of rotatable bonds is 13. The zero-order valence-electron chi connectivity index (χ0n) is 26.4. The van der Waals surface area contributed by atoms with Crippen molar-refractivity contribution in [3.63, 3.8) is 0 Å². The first kappa shape index (κ1) is 32.7. The van der Waals surface area contributed by atoms with E-state index in [0.717, 1.165) is 24.1 Å². The molecule has 13 heteroatoms. The van der Waals surface area contributed by atoms with E-state index in [1.165, 1.54) is 13.8 Å². The van der Waals surface area contributed by atoms with E-state index in [0.29, 0.717) is 43.7 Å². The number of unbranched alkanes of at least 4 members (excludes halogenated alkanes) is 1. The van der Waals surface area contributed by atoms with Crippen molar-refractivity contribution in [2.45, 2.75) is 94.1 Å². The summed E-state index contributed by atoms with van der Waals surface area (Å²) < 4.78 is 23.3. The van der Waals surface area contributed by atoms with Gasteiger partial charge in [-0.05, 0) is 76.9 Å². The number of carbonyl (C=O) groups excluding carboxylic acids is 4. The summed E-state index contributed by atoms with van der Waals surface area (Å²) in [5.41, 5.74) is 5.54. The highest BCUT2D eigenvalue weighted by molar-refractivity contribution is 5.87. The van der Waals surface area contributed by atoms with Crippen LogP contribution in [0, 0.1) is 0 Å². The van der Waals surface area contributed by atoms with Gasteiger partial charge in [0, 0.05) is 31.5 Å². The first-order valence-electron chi connectivity index (χ1n) is 15.6. The summed E-state index contributed by atoms with van der Waals surface area (Å²) in [5.74, 6) is -0.844. The number of benzene rings is 1. The molecule has 0 radical (unpaired) electrons. The molecule has 5 N–H and O–H groups in total. The molecule has 0 aromatic heterocycles. The number of amides is 2. The van der Waals surface area contributed by atoms with E-state index in [9.17, 15) is 24.3 Å². The molecular weight excluding hydrogens is 584 g/mol. The van der Waals surface area contributed by atoms with Gasteiger partial charge in [-0.1, -0.05) is 6.07 Å². The first-order chi connectivity index (χ1) is 21.5. The Labute approximate surface area is 262 Å². The van der Waals surface area contributed by atoms with Crippen molar-refractivity contribution in [3.05, 3.63) is 35.1 Å². The number of esters is 2. The van der Waals surface area contributed by atoms with Gasteiger partial charge in [0.2, 0.25) is 11.8 Å². The van der Waals surface area contributed by atoms with Crippen LogP contribution in [-0.2, 0) is 40.5 Å². The molecule has 45 heavy (non-hydrogen) atoms. The smallest absolute Gasteiger partial charge is 0.352 e. The van der Waals surface area contributed by atoms with Crippen molar-refractivity contribution in [3.8, 4) is 11.5 Å². The van der Waals surface area contributed by atoms with Crippen LogP contribution in [0.5, 0.6) is 11.5 Å². The topological polar surface area (TPSA) is 179 Å². The second-order valence-corrected chi connectivity index (χ2v) is 12.4. The van der Waals surface area contributed by atoms with Gasteiger partial charge in [0.15, 0.2) is 23.7 Å². The highest BCUT2D eigenvalue weighted by Gasteiger charge is 2.72. The minimum absolute atomic E-state index is 0.0351. The third-order valence-corrected chi connectivity index (χ3v) is 9.69. The van der Waals surface area contributed by atoms with Crippen LogP contribution in [0.4, 0.5) is 0 Å². The fraction of sp³-hybridized carbons (Fsp3) is 0.625. The lowest BCUT2D eigenvalue weighted by Gasteiger charge is -2.61. The summed E-state index contributed by atoms with van der Waals surface area (Å²) in [6.45, 7) is 3.92. The van der Waals surface area contributed by atoms with Gasteiger partial charge < -0.3 is 45.3 Å². The number of hydrogen-bond acceptors (Lipinski definition) is 11. The summed E-state index contributed by atoms with van der Waals surface area (Å²) in [7, 11) is 3.58. The number of nitrogens with zero attached hydrogens (tertiary/aromatic N) is 1. The molecule has 2 amide bonds. The van der Waals surface area contributed by atoms with Gasteiger partial charge in [-0.25, -0.2) is 4.79 Å². The molecular formula is C32H44N4O9. The van der Waals surface area contributed by atoms with Crippen LogP contribution in [0.1, 0.15) is 63.5 Å². The van der Waals surface area contributed by atoms with Gasteiger partial charge in [-0.3, -0.25) is 14.4 Å². The molecule has 2 aliphatic heterocycles. The Bertz CT molecular complexity index is 1380. The van der Waals surface area contributed by atoms with Gasteiger partial charge in [0.1, 0.15) is 11.8 Å². The van der Waals surface area contributed by atoms with Crippen molar-refractivity contribution in [1.82, 2.24) is 15.5 Å². The molecule has 4 aliphatic rings. The monoisotopic (exact) mass is 628 g/mol. The number of piperidine rings is 1. The highest BCUT2D eigenvalue weighted by Crippen LogP contribution is 2.65. The van der Waals surface area contributed by atoms with E-state index >= 15 is 0 Å². The SMILES string of the molecule is COc1ccc2c3c1O[C@@H]1C(OC(=O)[C@H](C)OC(=O)CCNC(=O)[C@H](CCCCN)NC(C)=O)=CC[C@]4(O)[C@H](C2)N(C)CC[C@@]314. The van der Waals surface area contributed by atoms with Crippen LogP contribution in [0.3, 0.4) is 0 Å². The third-order valence-electron chi connectivity index (χ3n) is 9.69. The lowest BCUT2D eigenvalue weighted by atomic mass is 9.50. The van der Waals surface area contributed by atoms with Crippen molar-refractivity contribution in [1.29, 1.82) is 0 Å². The molecule has 0 unspecified atom stereocenters. The highest BCUT2D eigenvalue weighted by atomic mass is 16.6. The van der Waals surface area contributed by atoms with E-state index in [1.54, 1.807) is 13.2 Å². The molecule has 2 aliphatic carbocycles. The van der Waals surface area contributed by atoms with E-state index in [2.05, 4.69) is 15.5 Å². The Hall–Kier alpha value is -3.68. The van der Waals surface area contributed by atoms with E-state index < -0.39 is 47.1 Å². The number of hydrogen-bond donors (Lipinski definition) is 4. The molecule has 1 aromatic rings. The molecule has 6 atom stereocenters. The third kappa shape index (κ3) is 5.77. The zero-order valence-corrected chi connectivity index (χ0v) is 26.4. The molecule has 2 bridgehead atoms. The molecule has 1 aromatic carbocycles. The Morgan fingerprint density at radius 3 is 2.73 bits per heavy atom. The maximum atomic E-state index is 13.2. The largest absolute Gasteiger partial charge is 0.493 e. The van der Waals surface area contributed by atoms with Gasteiger partial charge in [-0.15, -0.1) is 0 Å². The van der Waals surface area contributed by atoms with E-state index in [1.807, 2.05) is 19.2 Å². The van der Waals surface area contributed by atoms with Crippen LogP contribution in [0.25, 0.3) is 0 Å². The zero-order chi connectivity index (χ0) is 32.5. The minimum atomic E-state index is -1.23. The normalized spacial score (nSPS) is 27.2. The van der Waals surface area contributed by atoms with Crippen LogP contribution < -0.4 is 25.8 Å². The molecule has 13 nitrogen and oxygen atoms in total. The Morgan fingerprint density at radius 1 is 1.24 bits per heavy atom. The molecule has 0 saturated carbocycles. The van der Waals surface area contributed by atoms with Gasteiger partial charge >= 0.3 is 11.9 Å². The van der Waals surface area contributed by atoms with Crippen LogP contribution in [0.2, 0.25) is 0 Å². The predicted molar refractivity (Wildman–Crippen MR) is 161 cm³/mol. The second kappa shape index (κ2) is 13.0. The van der Waals surface area contributed by atoms with E-state index in [-0.39, 0.29) is 37.1 Å². The molecule has 1 fully saturated rings. The summed E-state index contributed by atoms with van der Waals surface area (Å²) >= 11 is 0. The molecule has 246 valence electrons. The van der Waals surface area contributed by atoms with Gasteiger partial charge in [0.05, 0.1) is 24.5 Å². The summed E-state index contributed by atoms with van der Waals surface area (Å²) in [5, 5.41) is 17.5. The average Bonchev–Trinajstić information content (AvgIpc) is 3.35. The van der Waals surface area contributed by atoms with Gasteiger partial charge in [-0.2, -0.15) is 0 Å². The summed E-state index contributed by atoms with van der Waals surface area (Å²) in [4.78, 5) is 52.0. The Balaban J connectivity index is 1.22. The number of carbonyl (C=O) groups is 4. The molecule has 1 saturated heterocycles. The fourth-order valence-corrected chi connectivity index (χ4v) is 7.51. The number of likely N-dealkylation sites (N-methyl/N-ethyl adjacent to an activating group) is 1.